The molecule has 0 aliphatic rings. The molecule has 5 nitrogen and oxygen atoms in total. The average molecular weight is 383 g/mol. The standard InChI is InChI=1S/C19H15ClN4OS/c1-12-4-2-3-5-13(12)11-26-19-22-17-16(10-21-23-17)18(25)24(19)15-8-6-14(20)7-9-15/h2-10H,11H2,1H3,(H,21,23). The molecule has 7 heteroatoms. The molecule has 0 bridgehead atoms. The summed E-state index contributed by atoms with van der Waals surface area (Å²) >= 11 is 7.51. The maximum Gasteiger partial charge on any atom is 0.269 e. The molecule has 4 rings (SSSR count). The number of aromatic nitrogens is 4. The van der Waals surface area contributed by atoms with E-state index in [1.165, 1.54) is 29.1 Å². The number of nitrogens with zero attached hydrogens (tertiary/aromatic N) is 3. The number of hydrogen-bond acceptors (Lipinski definition) is 4. The van der Waals surface area contributed by atoms with Crippen LogP contribution < -0.4 is 5.56 Å². The summed E-state index contributed by atoms with van der Waals surface area (Å²) in [6.07, 6.45) is 1.51. The third-order valence-electron chi connectivity index (χ3n) is 4.15. The molecule has 0 fully saturated rings. The van der Waals surface area contributed by atoms with Gasteiger partial charge in [-0.15, -0.1) is 0 Å². The quantitative estimate of drug-likeness (QED) is 0.420. The van der Waals surface area contributed by atoms with Crippen LogP contribution in [0.25, 0.3) is 16.7 Å². The molecular formula is C19H15ClN4OS. The monoisotopic (exact) mass is 382 g/mol. The molecule has 0 saturated heterocycles. The third kappa shape index (κ3) is 3.13. The first kappa shape index (κ1) is 16.9. The van der Waals surface area contributed by atoms with Crippen LogP contribution in [0.3, 0.4) is 0 Å². The van der Waals surface area contributed by atoms with Gasteiger partial charge in [0.25, 0.3) is 5.56 Å². The maximum atomic E-state index is 13.0. The molecule has 0 spiro atoms. The van der Waals surface area contributed by atoms with Crippen molar-refractivity contribution in [3.8, 4) is 5.69 Å². The van der Waals surface area contributed by atoms with Gasteiger partial charge in [-0.25, -0.2) is 4.98 Å². The third-order valence-corrected chi connectivity index (χ3v) is 5.39. The summed E-state index contributed by atoms with van der Waals surface area (Å²) in [5.41, 5.74) is 3.48. The van der Waals surface area contributed by atoms with Crippen LogP contribution in [0.4, 0.5) is 0 Å². The van der Waals surface area contributed by atoms with Crippen LogP contribution in [0, 0.1) is 6.92 Å². The van der Waals surface area contributed by atoms with Crippen LogP contribution in [0.2, 0.25) is 5.02 Å². The summed E-state index contributed by atoms with van der Waals surface area (Å²) in [7, 11) is 0. The van der Waals surface area contributed by atoms with Crippen molar-refractivity contribution in [3.05, 3.63) is 81.2 Å². The van der Waals surface area contributed by atoms with Gasteiger partial charge in [0.2, 0.25) is 0 Å². The van der Waals surface area contributed by atoms with Gasteiger partial charge in [-0.1, -0.05) is 47.6 Å². The van der Waals surface area contributed by atoms with E-state index < -0.39 is 0 Å². The lowest BCUT2D eigenvalue weighted by atomic mass is 10.1. The first-order valence-corrected chi connectivity index (χ1v) is 9.39. The molecule has 0 atom stereocenters. The van der Waals surface area contributed by atoms with E-state index in [1.807, 2.05) is 24.3 Å². The highest BCUT2D eigenvalue weighted by atomic mass is 35.5. The summed E-state index contributed by atoms with van der Waals surface area (Å²) in [5, 5.41) is 8.43. The van der Waals surface area contributed by atoms with Crippen molar-refractivity contribution in [1.82, 2.24) is 19.7 Å². The van der Waals surface area contributed by atoms with Crippen LogP contribution in [0.15, 0.2) is 64.7 Å². The van der Waals surface area contributed by atoms with Gasteiger partial charge in [-0.05, 0) is 42.3 Å². The molecule has 1 N–H and O–H groups in total. The normalized spacial score (nSPS) is 11.2. The first-order chi connectivity index (χ1) is 12.6. The number of H-pyrrole nitrogens is 1. The minimum atomic E-state index is -0.154. The van der Waals surface area contributed by atoms with Gasteiger partial charge in [0.1, 0.15) is 5.39 Å². The van der Waals surface area contributed by atoms with E-state index in [9.17, 15) is 4.79 Å². The van der Waals surface area contributed by atoms with Crippen molar-refractivity contribution in [2.75, 3.05) is 0 Å². The van der Waals surface area contributed by atoms with Crippen molar-refractivity contribution >= 4 is 34.4 Å². The fourth-order valence-electron chi connectivity index (χ4n) is 2.70. The van der Waals surface area contributed by atoms with Gasteiger partial charge in [0.15, 0.2) is 10.8 Å². The highest BCUT2D eigenvalue weighted by Gasteiger charge is 2.15. The second-order valence-corrected chi connectivity index (χ2v) is 7.24. The van der Waals surface area contributed by atoms with Crippen LogP contribution in [0.5, 0.6) is 0 Å². The summed E-state index contributed by atoms with van der Waals surface area (Å²) in [6, 6.07) is 15.3. The molecular weight excluding hydrogens is 368 g/mol. The second-order valence-electron chi connectivity index (χ2n) is 5.86. The minimum Gasteiger partial charge on any atom is -0.268 e. The molecule has 130 valence electrons. The molecule has 0 aliphatic heterocycles. The summed E-state index contributed by atoms with van der Waals surface area (Å²) in [5.74, 6) is 0.715. The van der Waals surface area contributed by atoms with Gasteiger partial charge >= 0.3 is 0 Å². The Balaban J connectivity index is 1.82. The molecule has 2 aromatic carbocycles. The Kier molecular flexibility index (Phi) is 4.53. The number of hydrogen-bond donors (Lipinski definition) is 1. The lowest BCUT2D eigenvalue weighted by molar-refractivity contribution is 0.816. The van der Waals surface area contributed by atoms with Crippen LogP contribution in [0.1, 0.15) is 11.1 Å². The molecule has 0 aliphatic carbocycles. The predicted octanol–water partition coefficient (Wildman–Crippen LogP) is 4.36. The van der Waals surface area contributed by atoms with E-state index in [1.54, 1.807) is 16.7 Å². The largest absolute Gasteiger partial charge is 0.269 e. The Morgan fingerprint density at radius 1 is 1.15 bits per heavy atom. The smallest absolute Gasteiger partial charge is 0.268 e. The minimum absolute atomic E-state index is 0.154. The van der Waals surface area contributed by atoms with Crippen LogP contribution in [-0.2, 0) is 5.75 Å². The van der Waals surface area contributed by atoms with Crippen LogP contribution in [-0.4, -0.2) is 19.7 Å². The van der Waals surface area contributed by atoms with E-state index in [0.717, 1.165) is 5.69 Å². The number of benzene rings is 2. The Hall–Kier alpha value is -2.57. The van der Waals surface area contributed by atoms with E-state index in [-0.39, 0.29) is 5.56 Å². The zero-order valence-electron chi connectivity index (χ0n) is 13.9. The van der Waals surface area contributed by atoms with Gasteiger partial charge in [0.05, 0.1) is 11.9 Å². The SMILES string of the molecule is Cc1ccccc1CSc1nc2[nH]ncc2c(=O)n1-c1ccc(Cl)cc1. The second kappa shape index (κ2) is 6.97. The molecule has 0 unspecified atom stereocenters. The zero-order chi connectivity index (χ0) is 18.1. The number of aryl methyl sites for hydroxylation is 1. The van der Waals surface area contributed by atoms with Crippen molar-refractivity contribution in [3.63, 3.8) is 0 Å². The summed E-state index contributed by atoms with van der Waals surface area (Å²) in [6.45, 7) is 2.08. The fourth-order valence-corrected chi connectivity index (χ4v) is 3.91. The van der Waals surface area contributed by atoms with Gasteiger partial charge in [0, 0.05) is 10.8 Å². The molecule has 2 heterocycles. The van der Waals surface area contributed by atoms with Crippen molar-refractivity contribution in [2.45, 2.75) is 17.8 Å². The number of halogens is 1. The lowest BCUT2D eigenvalue weighted by Crippen LogP contribution is -2.21. The number of fused-ring (bicyclic) bond motifs is 1. The van der Waals surface area contributed by atoms with E-state index >= 15 is 0 Å². The predicted molar refractivity (Wildman–Crippen MR) is 105 cm³/mol. The molecule has 26 heavy (non-hydrogen) atoms. The Bertz CT molecular complexity index is 1130. The van der Waals surface area contributed by atoms with E-state index in [0.29, 0.717) is 27.0 Å². The highest BCUT2D eigenvalue weighted by molar-refractivity contribution is 7.98. The Labute approximate surface area is 159 Å². The van der Waals surface area contributed by atoms with E-state index in [2.05, 4.69) is 34.2 Å². The lowest BCUT2D eigenvalue weighted by Gasteiger charge is -2.12. The van der Waals surface area contributed by atoms with E-state index in [4.69, 9.17) is 11.6 Å². The van der Waals surface area contributed by atoms with Gasteiger partial charge < -0.3 is 0 Å². The maximum absolute atomic E-state index is 13.0. The average Bonchev–Trinajstić information content (AvgIpc) is 3.11. The number of nitrogens with one attached hydrogen (secondary N) is 1. The topological polar surface area (TPSA) is 63.6 Å². The number of aromatic amines is 1. The summed E-state index contributed by atoms with van der Waals surface area (Å²) < 4.78 is 1.61. The van der Waals surface area contributed by atoms with Crippen molar-refractivity contribution < 1.29 is 0 Å². The molecule has 0 radical (unpaired) electrons. The fraction of sp³-hybridized carbons (Fsp3) is 0.105. The highest BCUT2D eigenvalue weighted by Crippen LogP contribution is 2.25. The van der Waals surface area contributed by atoms with Gasteiger partial charge in [-0.3, -0.25) is 14.5 Å². The molecule has 0 saturated carbocycles. The summed E-state index contributed by atoms with van der Waals surface area (Å²) in [4.78, 5) is 17.6. The van der Waals surface area contributed by atoms with Gasteiger partial charge in [-0.2, -0.15) is 5.10 Å². The Morgan fingerprint density at radius 2 is 1.92 bits per heavy atom. The number of thioether (sulfide) groups is 1. The van der Waals surface area contributed by atoms with Crippen molar-refractivity contribution in [2.24, 2.45) is 0 Å². The zero-order valence-corrected chi connectivity index (χ0v) is 15.5. The van der Waals surface area contributed by atoms with Crippen LogP contribution >= 0.6 is 23.4 Å². The Morgan fingerprint density at radius 3 is 2.69 bits per heavy atom. The molecule has 4 aromatic rings. The van der Waals surface area contributed by atoms with Crippen molar-refractivity contribution in [1.29, 1.82) is 0 Å². The first-order valence-electron chi connectivity index (χ1n) is 8.03. The number of rotatable bonds is 4. The molecule has 2 aromatic heterocycles. The molecule has 0 amide bonds.